The van der Waals surface area contributed by atoms with E-state index >= 15 is 38.4 Å². The van der Waals surface area contributed by atoms with Gasteiger partial charge in [-0.3, -0.25) is 95.9 Å². The fourth-order valence-corrected chi connectivity index (χ4v) is 17.5. The number of benzene rings is 3. The number of nitrogens with zero attached hydrogens (tertiary/aromatic N) is 6. The van der Waals surface area contributed by atoms with Crippen LogP contribution in [0.2, 0.25) is 0 Å². The molecule has 16 amide bonds. The van der Waals surface area contributed by atoms with Crippen LogP contribution in [0.15, 0.2) is 97.7 Å². The van der Waals surface area contributed by atoms with Crippen LogP contribution in [-0.4, -0.2) is 336 Å². The Morgan fingerprint density at radius 3 is 1.54 bits per heavy atom. The number of aliphatic hydroxyl groups is 1. The molecule has 0 radical (unpaired) electrons. The van der Waals surface area contributed by atoms with E-state index in [0.29, 0.717) is 63.1 Å². The number of carbonyl (C=O) groups is 20. The summed E-state index contributed by atoms with van der Waals surface area (Å²) in [5.41, 5.74) is 7.87. The van der Waals surface area contributed by atoms with Gasteiger partial charge in [0.1, 0.15) is 90.3 Å². The number of likely N-dealkylation sites (N-methyl/N-ethyl adjacent to an activating group) is 3. The molecule has 3 aromatic carbocycles. The van der Waals surface area contributed by atoms with E-state index in [1.54, 1.807) is 68.6 Å². The first-order valence-corrected chi connectivity index (χ1v) is 46.5. The average Bonchev–Trinajstić information content (AvgIpc) is 1.61. The van der Waals surface area contributed by atoms with E-state index in [9.17, 15) is 88.2 Å². The minimum atomic E-state index is -1.98. The van der Waals surface area contributed by atoms with Crippen molar-refractivity contribution in [3.63, 3.8) is 0 Å². The van der Waals surface area contributed by atoms with E-state index in [1.165, 1.54) is 64.0 Å². The minimum Gasteiger partial charge on any atom is -0.508 e. The molecule has 138 heavy (non-hydrogen) atoms. The molecule has 0 bridgehead atoms. The van der Waals surface area contributed by atoms with Crippen molar-refractivity contribution in [2.75, 3.05) is 52.3 Å². The fourth-order valence-electron chi connectivity index (χ4n) is 16.7. The van der Waals surface area contributed by atoms with Crippen molar-refractivity contribution >= 4 is 152 Å². The molecule has 3 fully saturated rings. The van der Waals surface area contributed by atoms with Crippen molar-refractivity contribution < 1.29 is 127 Å². The molecule has 3 aliphatic heterocycles. The third kappa shape index (κ3) is 30.0. The lowest BCUT2D eigenvalue weighted by atomic mass is 9.99. The zero-order valence-corrected chi connectivity index (χ0v) is 77.9. The summed E-state index contributed by atoms with van der Waals surface area (Å²) in [5, 5.41) is 88.7. The summed E-state index contributed by atoms with van der Waals surface area (Å²) in [4.78, 5) is 305. The van der Waals surface area contributed by atoms with Gasteiger partial charge in [0.15, 0.2) is 0 Å². The number of amides is 16. The van der Waals surface area contributed by atoms with Gasteiger partial charge in [0.05, 0.1) is 31.1 Å². The summed E-state index contributed by atoms with van der Waals surface area (Å²) >= 11 is 0.673. The average molecular weight is 1940 g/mol. The number of primary amides is 1. The summed E-state index contributed by atoms with van der Waals surface area (Å²) in [6.07, 6.45) is -2.56. The molecular formula is C91H120N20O26S. The summed E-state index contributed by atoms with van der Waals surface area (Å²) in [6, 6.07) is -5.04. The maximum absolute atomic E-state index is 15.8. The first kappa shape index (κ1) is 107. The number of fused-ring (bicyclic) bond motifs is 4. The second-order valence-corrected chi connectivity index (χ2v) is 35.4. The maximum atomic E-state index is 15.8. The number of aromatic nitrogens is 4. The Labute approximate surface area is 796 Å². The maximum Gasteiger partial charge on any atom is 0.305 e. The minimum absolute atomic E-state index is 0.0792. The number of thioether (sulfide) groups is 1. The Balaban J connectivity index is 1.12. The highest BCUT2D eigenvalue weighted by Crippen LogP contribution is 2.28. The Kier molecular flexibility index (Phi) is 39.5. The molecule has 0 spiro atoms. The van der Waals surface area contributed by atoms with Crippen LogP contribution in [-0.2, 0) is 122 Å². The Morgan fingerprint density at radius 2 is 0.978 bits per heavy atom. The number of carbonyl (C=O) groups excluding carboxylic acids is 16. The highest BCUT2D eigenvalue weighted by atomic mass is 32.2. The number of unbranched alkanes of at least 4 members (excludes halogenated alkanes) is 2. The van der Waals surface area contributed by atoms with E-state index in [-0.39, 0.29) is 69.4 Å². The van der Waals surface area contributed by atoms with E-state index in [1.807, 2.05) is 0 Å². The second kappa shape index (κ2) is 50.9. The van der Waals surface area contributed by atoms with Gasteiger partial charge in [-0.1, -0.05) is 88.1 Å². The van der Waals surface area contributed by atoms with Gasteiger partial charge in [0, 0.05) is 137 Å². The second-order valence-electron chi connectivity index (χ2n) is 34.4. The predicted molar refractivity (Wildman–Crippen MR) is 493 cm³/mol. The molecule has 47 heteroatoms. The molecule has 3 aliphatic rings. The Hall–Kier alpha value is -14.5. The van der Waals surface area contributed by atoms with Crippen LogP contribution in [0.25, 0.3) is 21.8 Å². The largest absolute Gasteiger partial charge is 0.508 e. The lowest BCUT2D eigenvalue weighted by Gasteiger charge is -2.36. The number of imidazole rings is 1. The van der Waals surface area contributed by atoms with Gasteiger partial charge >= 0.3 is 23.9 Å². The summed E-state index contributed by atoms with van der Waals surface area (Å²) in [6.45, 7) is 3.08. The monoisotopic (exact) mass is 1940 g/mol. The molecule has 3 aromatic heterocycles. The third-order valence-electron chi connectivity index (χ3n) is 24.4. The number of aromatic amines is 3. The number of carboxylic acids is 4. The zero-order valence-electron chi connectivity index (χ0n) is 77.1. The number of nitrogens with two attached hydrogens (primary N) is 1. The molecule has 6 heterocycles. The van der Waals surface area contributed by atoms with Crippen molar-refractivity contribution in [2.24, 2.45) is 5.73 Å². The number of aliphatic hydroxyl groups excluding tert-OH is 1. The number of phenols is 1. The molecule has 46 nitrogen and oxygen atoms in total. The predicted octanol–water partition coefficient (Wildman–Crippen LogP) is -2.04. The number of rotatable bonds is 28. The molecule has 15 atom stereocenters. The van der Waals surface area contributed by atoms with E-state index in [2.05, 4.69) is 73.1 Å². The fraction of sp³-hybridized carbons (Fsp3) is 0.505. The number of H-pyrrole nitrogens is 3. The van der Waals surface area contributed by atoms with Crippen molar-refractivity contribution in [3.05, 3.63) is 120 Å². The zero-order chi connectivity index (χ0) is 101. The summed E-state index contributed by atoms with van der Waals surface area (Å²) in [5.74, 6) is -24.5. The number of aromatic hydroxyl groups is 1. The van der Waals surface area contributed by atoms with Crippen LogP contribution in [0.4, 0.5) is 0 Å². The summed E-state index contributed by atoms with van der Waals surface area (Å²) in [7, 11) is 3.67. The van der Waals surface area contributed by atoms with Crippen LogP contribution in [0.5, 0.6) is 5.75 Å². The molecule has 6 aromatic rings. The molecule has 0 unspecified atom stereocenters. The Morgan fingerprint density at radius 1 is 0.493 bits per heavy atom. The van der Waals surface area contributed by atoms with Crippen molar-refractivity contribution in [2.45, 2.75) is 240 Å². The van der Waals surface area contributed by atoms with Crippen molar-refractivity contribution in [1.82, 2.24) is 97.6 Å². The van der Waals surface area contributed by atoms with E-state index in [4.69, 9.17) is 5.73 Å². The van der Waals surface area contributed by atoms with Gasteiger partial charge in [-0.25, -0.2) is 4.98 Å². The van der Waals surface area contributed by atoms with Crippen molar-refractivity contribution in [3.8, 4) is 5.75 Å². The molecular weight excluding hydrogens is 1820 g/mol. The van der Waals surface area contributed by atoms with Gasteiger partial charge in [-0.15, -0.1) is 11.8 Å². The first-order chi connectivity index (χ1) is 65.6. The normalized spacial score (nSPS) is 24.4. The highest BCUT2D eigenvalue weighted by Gasteiger charge is 2.47. The highest BCUT2D eigenvalue weighted by molar-refractivity contribution is 8.00. The van der Waals surface area contributed by atoms with E-state index < -0.39 is 298 Å². The van der Waals surface area contributed by atoms with Crippen LogP contribution in [0, 0.1) is 0 Å². The number of phenolic OH excluding ortho intramolecular Hbond substituents is 1. The molecule has 0 aliphatic carbocycles. The Bertz CT molecular complexity index is 5420. The lowest BCUT2D eigenvalue weighted by molar-refractivity contribution is -0.149. The number of hydrogen-bond donors (Lipinski definition) is 20. The van der Waals surface area contributed by atoms with Gasteiger partial charge in [-0.05, 0) is 92.8 Å². The third-order valence-corrected chi connectivity index (χ3v) is 25.4. The number of aliphatic carboxylic acids is 4. The van der Waals surface area contributed by atoms with Crippen LogP contribution in [0.1, 0.15) is 146 Å². The quantitative estimate of drug-likeness (QED) is 0.0252. The molecule has 21 N–H and O–H groups in total. The first-order valence-electron chi connectivity index (χ1n) is 45.3. The van der Waals surface area contributed by atoms with Gasteiger partial charge < -0.3 is 129 Å². The number of hydrogen-bond acceptors (Lipinski definition) is 24. The van der Waals surface area contributed by atoms with Gasteiger partial charge in [-0.2, -0.15) is 0 Å². The molecule has 3 saturated heterocycles. The van der Waals surface area contributed by atoms with Crippen LogP contribution < -0.4 is 58.9 Å². The van der Waals surface area contributed by atoms with Gasteiger partial charge in [0.2, 0.25) is 94.5 Å². The SMILES string of the molecule is CCCC[C@H]1C(=O)N(C)[C@@H](CCCC)C(=O)N[C@@H](CCC(=O)O)C(=O)N[C@H](C(=O)NCC(N)=O)CSCC(=O)N[C@@H](Cc2ccc(O)cc2)C(=O)N(C)[C@@H](C)C(=O)N[C@H](CC(=O)O)C(=O)N2CCC[C@H]2C(=O)N[C@@H](Cc2cnc[nH]2)C(=O)N[C@@H](CCC(=O)O)C(=O)N2C[C@H](O)C[C@H]2C(=O)N[C@@H](Cc2c[nH]c3ccccc23)C(=O)N[C@@H](CCC(=O)O)C(=O)N[C@@H](Cc2c[nH]c3ccccc23)C(=O)N1C. The molecule has 9 rings (SSSR count). The number of nitrogens with one attached hydrogen (secondary N) is 13. The molecule has 746 valence electrons. The van der Waals surface area contributed by atoms with Crippen molar-refractivity contribution in [1.29, 1.82) is 0 Å². The number of carboxylic acid groups (broad SMARTS) is 4. The molecule has 0 saturated carbocycles. The van der Waals surface area contributed by atoms with Gasteiger partial charge in [0.25, 0.3) is 0 Å². The van der Waals surface area contributed by atoms with Crippen LogP contribution in [0.3, 0.4) is 0 Å². The summed E-state index contributed by atoms with van der Waals surface area (Å²) < 4.78 is 0. The number of para-hydroxylation sites is 2. The van der Waals surface area contributed by atoms with Crippen LogP contribution >= 0.6 is 11.8 Å². The lowest BCUT2D eigenvalue weighted by Crippen LogP contribution is -2.61. The smallest absolute Gasteiger partial charge is 0.305 e. The standard InChI is InChI=1S/C91H120N20O26S/c1-7-9-20-68-84(130)100-60(28-31-75(118)119)81(127)106-67(79(125)96-43-72(92)114)45-138-46-73(115)98-64(34-49-23-25-53(112)26-24-49)87(133)107(4)48(3)78(124)104-66(39-77(122)123)90(136)110-33-15-22-69(110)85(131)103-63(37-52-42-93-47-97-52)83(129)101-61(29-32-76(120)121)89(135)111-44-54(113)38-71(111)86(132)102-62(35-50-40-94-57-18-13-11-16-55(50)57)82(128)99-59(27-30-74(116)117)80(126)105-65(36-51-41-95-58-19-14-12-17-56(51)58)88(134)109(6)70(21-10-8-2)91(137)108(68)5/h11-14,16-19,23-26,40-42,47-48,54,59-71,94-95,112-113H,7-10,15,20-22,27-39,43-46H2,1-6H3,(H2,92,114)(H,93,97)(H,96,125)(H,98,115)(H,99,128)(H,100,130)(H,101,129)(H,102,132)(H,103,131)(H,104,124)(H,105,126)(H,106,127)(H,116,117)(H,118,119)(H,120,121)(H,122,123)/t48-,54+,59-,60-,61-,62-,63-,64-,65-,66+,67-,68-,69-,70-,71-/m0/s1. The van der Waals surface area contributed by atoms with E-state index in [0.717, 1.165) is 31.5 Å². The topological polar surface area (TPSA) is 686 Å².